The molecule has 1 amide bonds. The van der Waals surface area contributed by atoms with Crippen LogP contribution in [0.4, 0.5) is 0 Å². The number of rotatable bonds is 5. The fraction of sp³-hybridized carbons (Fsp3) is 0.200. The zero-order valence-corrected chi connectivity index (χ0v) is 13.4. The number of hydrogen-bond donors (Lipinski definition) is 1. The molecule has 0 saturated heterocycles. The topological polar surface area (TPSA) is 55.6 Å². The summed E-state index contributed by atoms with van der Waals surface area (Å²) in [6.45, 7) is 2.05. The van der Waals surface area contributed by atoms with Gasteiger partial charge < -0.3 is 10.1 Å². The highest BCUT2D eigenvalue weighted by molar-refractivity contribution is 7.15. The Kier molecular flexibility index (Phi) is 4.31. The Bertz CT molecular complexity index is 770. The zero-order chi connectivity index (χ0) is 15.5. The molecule has 114 valence electrons. The van der Waals surface area contributed by atoms with Crippen LogP contribution in [-0.4, -0.2) is 21.4 Å². The molecule has 22 heavy (non-hydrogen) atoms. The van der Waals surface area contributed by atoms with Gasteiger partial charge in [-0.1, -0.05) is 23.7 Å². The lowest BCUT2D eigenvalue weighted by atomic mass is 10.3. The number of carbonyl (C=O) groups excluding carboxylic acids is 1. The highest BCUT2D eigenvalue weighted by Gasteiger charge is 2.16. The van der Waals surface area contributed by atoms with Crippen molar-refractivity contribution in [1.29, 1.82) is 0 Å². The van der Waals surface area contributed by atoms with Crippen molar-refractivity contribution < 1.29 is 9.53 Å². The molecule has 7 heteroatoms. The molecule has 0 aliphatic rings. The number of fused-ring (bicyclic) bond motifs is 1. The van der Waals surface area contributed by atoms with Gasteiger partial charge in [0.05, 0.1) is 17.3 Å². The van der Waals surface area contributed by atoms with E-state index in [9.17, 15) is 4.79 Å². The summed E-state index contributed by atoms with van der Waals surface area (Å²) in [5.74, 6) is 0.283. The minimum atomic E-state index is -0.636. The molecule has 3 aromatic rings. The van der Waals surface area contributed by atoms with Crippen LogP contribution in [0.15, 0.2) is 42.0 Å². The Balaban J connectivity index is 1.57. The third-order valence-corrected chi connectivity index (χ3v) is 4.18. The van der Waals surface area contributed by atoms with Crippen LogP contribution in [0.2, 0.25) is 5.02 Å². The smallest absolute Gasteiger partial charge is 0.261 e. The Labute approximate surface area is 136 Å². The molecule has 1 aromatic carbocycles. The van der Waals surface area contributed by atoms with Crippen molar-refractivity contribution in [3.63, 3.8) is 0 Å². The van der Waals surface area contributed by atoms with Crippen molar-refractivity contribution in [3.05, 3.63) is 52.8 Å². The first kappa shape index (κ1) is 14.9. The molecule has 0 saturated carbocycles. The Morgan fingerprint density at radius 2 is 2.32 bits per heavy atom. The van der Waals surface area contributed by atoms with Gasteiger partial charge in [-0.25, -0.2) is 4.98 Å². The molecule has 1 atom stereocenters. The maximum absolute atomic E-state index is 12.1. The number of nitrogens with zero attached hydrogens (tertiary/aromatic N) is 2. The molecular weight excluding hydrogens is 322 g/mol. The van der Waals surface area contributed by atoms with E-state index in [0.717, 1.165) is 10.7 Å². The van der Waals surface area contributed by atoms with E-state index in [4.69, 9.17) is 16.3 Å². The van der Waals surface area contributed by atoms with E-state index in [1.807, 2.05) is 34.3 Å². The van der Waals surface area contributed by atoms with Crippen LogP contribution in [0.25, 0.3) is 4.96 Å². The molecule has 0 fully saturated rings. The molecular formula is C15H14ClN3O2S. The van der Waals surface area contributed by atoms with Gasteiger partial charge in [-0.2, -0.15) is 0 Å². The van der Waals surface area contributed by atoms with Gasteiger partial charge in [0.1, 0.15) is 5.75 Å². The van der Waals surface area contributed by atoms with Crippen LogP contribution < -0.4 is 10.1 Å². The molecule has 0 spiro atoms. The van der Waals surface area contributed by atoms with E-state index in [2.05, 4.69) is 10.3 Å². The predicted octanol–water partition coefficient (Wildman–Crippen LogP) is 3.13. The third kappa shape index (κ3) is 3.23. The average Bonchev–Trinajstić information content (AvgIpc) is 3.08. The maximum atomic E-state index is 12.1. The van der Waals surface area contributed by atoms with Gasteiger partial charge >= 0.3 is 0 Å². The van der Waals surface area contributed by atoms with Crippen molar-refractivity contribution in [3.8, 4) is 5.75 Å². The fourth-order valence-electron chi connectivity index (χ4n) is 1.97. The van der Waals surface area contributed by atoms with E-state index < -0.39 is 6.10 Å². The molecule has 0 aliphatic carbocycles. The predicted molar refractivity (Wildman–Crippen MR) is 86.5 cm³/mol. The number of imidazole rings is 1. The monoisotopic (exact) mass is 335 g/mol. The first-order valence-electron chi connectivity index (χ1n) is 6.73. The molecule has 2 heterocycles. The van der Waals surface area contributed by atoms with Gasteiger partial charge in [-0.3, -0.25) is 9.20 Å². The zero-order valence-electron chi connectivity index (χ0n) is 11.8. The first-order valence-corrected chi connectivity index (χ1v) is 7.99. The second-order valence-electron chi connectivity index (χ2n) is 4.73. The number of ether oxygens (including phenoxy) is 1. The SMILES string of the molecule is CC(Oc1ccccc1Cl)C(=O)NCc1cn2ccsc2n1. The minimum absolute atomic E-state index is 0.212. The molecule has 5 nitrogen and oxygen atoms in total. The van der Waals surface area contributed by atoms with Gasteiger partial charge in [0.2, 0.25) is 0 Å². The van der Waals surface area contributed by atoms with Crippen LogP contribution in [0.3, 0.4) is 0 Å². The van der Waals surface area contributed by atoms with E-state index in [-0.39, 0.29) is 5.91 Å². The molecule has 0 bridgehead atoms. The second kappa shape index (κ2) is 6.37. The van der Waals surface area contributed by atoms with Crippen LogP contribution in [0.5, 0.6) is 5.75 Å². The van der Waals surface area contributed by atoms with Gasteiger partial charge in [0.15, 0.2) is 11.1 Å². The van der Waals surface area contributed by atoms with E-state index in [0.29, 0.717) is 17.3 Å². The lowest BCUT2D eigenvalue weighted by Crippen LogP contribution is -2.36. The van der Waals surface area contributed by atoms with Gasteiger partial charge in [0.25, 0.3) is 5.91 Å². The lowest BCUT2D eigenvalue weighted by molar-refractivity contribution is -0.127. The molecule has 1 N–H and O–H groups in total. The van der Waals surface area contributed by atoms with Crippen molar-refractivity contribution in [1.82, 2.24) is 14.7 Å². The third-order valence-electron chi connectivity index (χ3n) is 3.10. The van der Waals surface area contributed by atoms with Crippen molar-refractivity contribution in [2.45, 2.75) is 19.6 Å². The summed E-state index contributed by atoms with van der Waals surface area (Å²) in [5.41, 5.74) is 0.810. The van der Waals surface area contributed by atoms with Crippen molar-refractivity contribution in [2.24, 2.45) is 0 Å². The molecule has 3 rings (SSSR count). The number of para-hydroxylation sites is 1. The average molecular weight is 336 g/mol. The number of thiazole rings is 1. The molecule has 1 unspecified atom stereocenters. The van der Waals surface area contributed by atoms with E-state index in [1.54, 1.807) is 30.4 Å². The standard InChI is InChI=1S/C15H14ClN3O2S/c1-10(21-13-5-3-2-4-12(13)16)14(20)17-8-11-9-19-6-7-22-15(19)18-11/h2-7,9-10H,8H2,1H3,(H,17,20). The fourth-order valence-corrected chi connectivity index (χ4v) is 2.87. The summed E-state index contributed by atoms with van der Waals surface area (Å²) >= 11 is 7.56. The van der Waals surface area contributed by atoms with Crippen LogP contribution in [0, 0.1) is 0 Å². The van der Waals surface area contributed by atoms with Gasteiger partial charge in [-0.05, 0) is 19.1 Å². The number of aromatic nitrogens is 2. The number of nitrogens with one attached hydrogen (secondary N) is 1. The van der Waals surface area contributed by atoms with Crippen molar-refractivity contribution >= 4 is 33.8 Å². The summed E-state index contributed by atoms with van der Waals surface area (Å²) in [7, 11) is 0. The summed E-state index contributed by atoms with van der Waals surface area (Å²) in [5, 5.41) is 5.26. The number of hydrogen-bond acceptors (Lipinski definition) is 4. The van der Waals surface area contributed by atoms with E-state index in [1.165, 1.54) is 0 Å². The van der Waals surface area contributed by atoms with Gasteiger partial charge in [-0.15, -0.1) is 11.3 Å². The first-order chi connectivity index (χ1) is 10.6. The summed E-state index contributed by atoms with van der Waals surface area (Å²) in [6, 6.07) is 7.07. The number of carbonyl (C=O) groups is 1. The van der Waals surface area contributed by atoms with Crippen molar-refractivity contribution in [2.75, 3.05) is 0 Å². The second-order valence-corrected chi connectivity index (χ2v) is 6.01. The highest BCUT2D eigenvalue weighted by atomic mass is 35.5. The van der Waals surface area contributed by atoms with Crippen LogP contribution in [0.1, 0.15) is 12.6 Å². The molecule has 0 aliphatic heterocycles. The van der Waals surface area contributed by atoms with E-state index >= 15 is 0 Å². The highest BCUT2D eigenvalue weighted by Crippen LogP contribution is 2.24. The number of halogens is 1. The van der Waals surface area contributed by atoms with Gasteiger partial charge in [0, 0.05) is 17.8 Å². The number of benzene rings is 1. The Morgan fingerprint density at radius 1 is 1.50 bits per heavy atom. The van der Waals surface area contributed by atoms with Crippen LogP contribution in [-0.2, 0) is 11.3 Å². The lowest BCUT2D eigenvalue weighted by Gasteiger charge is -2.15. The van der Waals surface area contributed by atoms with Crippen LogP contribution >= 0.6 is 22.9 Å². The minimum Gasteiger partial charge on any atom is -0.479 e. The molecule has 0 radical (unpaired) electrons. The largest absolute Gasteiger partial charge is 0.479 e. The summed E-state index contributed by atoms with van der Waals surface area (Å²) < 4.78 is 7.50. The Morgan fingerprint density at radius 3 is 3.09 bits per heavy atom. The maximum Gasteiger partial charge on any atom is 0.261 e. The summed E-state index contributed by atoms with van der Waals surface area (Å²) in [6.07, 6.45) is 3.19. The summed E-state index contributed by atoms with van der Waals surface area (Å²) in [4.78, 5) is 17.4. The normalized spacial score (nSPS) is 12.3. The quantitative estimate of drug-likeness (QED) is 0.779. The number of amides is 1. The Hall–Kier alpha value is -2.05. The molecule has 2 aromatic heterocycles.